The number of rotatable bonds is 6. The minimum atomic E-state index is -0.488. The van der Waals surface area contributed by atoms with Gasteiger partial charge in [-0.15, -0.1) is 0 Å². The summed E-state index contributed by atoms with van der Waals surface area (Å²) in [5.74, 6) is -0.149. The highest BCUT2D eigenvalue weighted by atomic mass is 16.5. The Kier molecular flexibility index (Phi) is 5.33. The molecular formula is C16H22N2O3. The molecule has 1 aliphatic heterocycles. The summed E-state index contributed by atoms with van der Waals surface area (Å²) in [5, 5.41) is 2.78. The summed E-state index contributed by atoms with van der Waals surface area (Å²) < 4.78 is 5.36. The van der Waals surface area contributed by atoms with Crippen LogP contribution in [0.25, 0.3) is 0 Å². The van der Waals surface area contributed by atoms with Crippen molar-refractivity contribution in [1.29, 1.82) is 0 Å². The van der Waals surface area contributed by atoms with E-state index in [9.17, 15) is 9.59 Å². The Bertz CT molecular complexity index is 490. The molecule has 1 saturated heterocycles. The Balaban J connectivity index is 2.05. The van der Waals surface area contributed by atoms with Gasteiger partial charge in [0.15, 0.2) is 0 Å². The highest BCUT2D eigenvalue weighted by Gasteiger charge is 2.35. The molecule has 1 aromatic carbocycles. The van der Waals surface area contributed by atoms with E-state index in [1.807, 2.05) is 44.2 Å². The van der Waals surface area contributed by atoms with Gasteiger partial charge < -0.3 is 15.0 Å². The summed E-state index contributed by atoms with van der Waals surface area (Å²) in [6.45, 7) is 4.99. The van der Waals surface area contributed by atoms with E-state index in [2.05, 4.69) is 5.32 Å². The Morgan fingerprint density at radius 1 is 1.33 bits per heavy atom. The largest absolute Gasteiger partial charge is 0.380 e. The Morgan fingerprint density at radius 2 is 2.05 bits per heavy atom. The van der Waals surface area contributed by atoms with Crippen LogP contribution in [0.4, 0.5) is 0 Å². The van der Waals surface area contributed by atoms with Crippen LogP contribution in [0, 0.1) is 0 Å². The van der Waals surface area contributed by atoms with Crippen molar-refractivity contribution < 1.29 is 14.3 Å². The molecule has 0 aliphatic carbocycles. The molecule has 1 heterocycles. The van der Waals surface area contributed by atoms with Gasteiger partial charge in [-0.3, -0.25) is 9.59 Å². The maximum Gasteiger partial charge on any atom is 0.246 e. The normalized spacial score (nSPS) is 20.3. The first-order valence-corrected chi connectivity index (χ1v) is 7.33. The summed E-state index contributed by atoms with van der Waals surface area (Å²) in [6.07, 6.45) is 0.517. The Hall–Kier alpha value is -1.88. The lowest BCUT2D eigenvalue weighted by atomic mass is 10.0. The Labute approximate surface area is 125 Å². The number of hydrogen-bond acceptors (Lipinski definition) is 3. The molecule has 1 aliphatic rings. The third-order valence-electron chi connectivity index (χ3n) is 3.61. The van der Waals surface area contributed by atoms with Crippen molar-refractivity contribution in [2.24, 2.45) is 0 Å². The van der Waals surface area contributed by atoms with Crippen LogP contribution in [0.15, 0.2) is 30.3 Å². The van der Waals surface area contributed by atoms with Crippen LogP contribution in [0.2, 0.25) is 0 Å². The van der Waals surface area contributed by atoms with Crippen molar-refractivity contribution in [1.82, 2.24) is 10.2 Å². The van der Waals surface area contributed by atoms with Gasteiger partial charge in [0.05, 0.1) is 19.2 Å². The molecule has 114 valence electrons. The maximum atomic E-state index is 12.5. The van der Waals surface area contributed by atoms with E-state index >= 15 is 0 Å². The number of carbonyl (C=O) groups excluding carboxylic acids is 2. The van der Waals surface area contributed by atoms with Crippen LogP contribution in [-0.4, -0.2) is 48.6 Å². The molecule has 1 fully saturated rings. The summed E-state index contributed by atoms with van der Waals surface area (Å²) in [6, 6.07) is 9.13. The summed E-state index contributed by atoms with van der Waals surface area (Å²) in [4.78, 5) is 26.0. The van der Waals surface area contributed by atoms with Crippen molar-refractivity contribution in [2.75, 3.05) is 19.8 Å². The molecule has 1 N–H and O–H groups in total. The van der Waals surface area contributed by atoms with E-state index in [1.54, 1.807) is 4.90 Å². The van der Waals surface area contributed by atoms with Crippen LogP contribution >= 0.6 is 0 Å². The van der Waals surface area contributed by atoms with E-state index in [-0.39, 0.29) is 24.4 Å². The number of amides is 2. The zero-order chi connectivity index (χ0) is 15.2. The van der Waals surface area contributed by atoms with Gasteiger partial charge in [0.25, 0.3) is 0 Å². The fourth-order valence-electron chi connectivity index (χ4n) is 2.47. The molecular weight excluding hydrogens is 268 g/mol. The van der Waals surface area contributed by atoms with Crippen LogP contribution < -0.4 is 5.32 Å². The van der Waals surface area contributed by atoms with Crippen molar-refractivity contribution in [3.8, 4) is 0 Å². The van der Waals surface area contributed by atoms with Gasteiger partial charge in [-0.05, 0) is 19.4 Å². The second-order valence-corrected chi connectivity index (χ2v) is 5.28. The van der Waals surface area contributed by atoms with E-state index in [0.29, 0.717) is 19.6 Å². The molecule has 21 heavy (non-hydrogen) atoms. The fourth-order valence-corrected chi connectivity index (χ4v) is 2.47. The van der Waals surface area contributed by atoms with Crippen molar-refractivity contribution in [2.45, 2.75) is 32.4 Å². The summed E-state index contributed by atoms with van der Waals surface area (Å²) in [5.41, 5.74) is 1.04. The summed E-state index contributed by atoms with van der Waals surface area (Å²) in [7, 11) is 0. The zero-order valence-electron chi connectivity index (χ0n) is 12.5. The SMILES string of the molecule is CCOCC(C)N1CC(=O)NC(Cc2ccccc2)C1=O. The fraction of sp³-hybridized carbons (Fsp3) is 0.500. The molecule has 0 radical (unpaired) electrons. The van der Waals surface area contributed by atoms with Crippen LogP contribution in [0.5, 0.6) is 0 Å². The average molecular weight is 290 g/mol. The minimum absolute atomic E-state index is 0.0364. The Morgan fingerprint density at radius 3 is 2.71 bits per heavy atom. The third-order valence-corrected chi connectivity index (χ3v) is 3.61. The first-order valence-electron chi connectivity index (χ1n) is 7.33. The number of nitrogens with zero attached hydrogens (tertiary/aromatic N) is 1. The molecule has 2 amide bonds. The standard InChI is InChI=1S/C16H22N2O3/c1-3-21-11-12(2)18-10-15(19)17-14(16(18)20)9-13-7-5-4-6-8-13/h4-8,12,14H,3,9-11H2,1-2H3,(H,17,19). The maximum absolute atomic E-state index is 12.5. The number of piperazine rings is 1. The predicted molar refractivity (Wildman–Crippen MR) is 79.7 cm³/mol. The van der Waals surface area contributed by atoms with Gasteiger partial charge in [0, 0.05) is 13.0 Å². The topological polar surface area (TPSA) is 58.6 Å². The van der Waals surface area contributed by atoms with Gasteiger partial charge in [-0.1, -0.05) is 30.3 Å². The molecule has 5 heteroatoms. The highest BCUT2D eigenvalue weighted by Crippen LogP contribution is 2.12. The predicted octanol–water partition coefficient (Wildman–Crippen LogP) is 0.981. The lowest BCUT2D eigenvalue weighted by Gasteiger charge is -2.36. The first kappa shape index (κ1) is 15.5. The molecule has 0 spiro atoms. The average Bonchev–Trinajstić information content (AvgIpc) is 2.49. The molecule has 0 saturated carbocycles. The van der Waals surface area contributed by atoms with Gasteiger partial charge in [0.2, 0.25) is 11.8 Å². The van der Waals surface area contributed by atoms with Gasteiger partial charge in [-0.25, -0.2) is 0 Å². The smallest absolute Gasteiger partial charge is 0.246 e. The monoisotopic (exact) mass is 290 g/mol. The molecule has 1 aromatic rings. The second kappa shape index (κ2) is 7.22. The molecule has 2 unspecified atom stereocenters. The molecule has 0 aromatic heterocycles. The van der Waals surface area contributed by atoms with E-state index in [0.717, 1.165) is 5.56 Å². The lowest BCUT2D eigenvalue weighted by Crippen LogP contribution is -2.61. The van der Waals surface area contributed by atoms with Crippen LogP contribution in [0.3, 0.4) is 0 Å². The van der Waals surface area contributed by atoms with Gasteiger partial charge in [-0.2, -0.15) is 0 Å². The lowest BCUT2D eigenvalue weighted by molar-refractivity contribution is -0.147. The van der Waals surface area contributed by atoms with Gasteiger partial charge in [0.1, 0.15) is 6.04 Å². The minimum Gasteiger partial charge on any atom is -0.380 e. The second-order valence-electron chi connectivity index (χ2n) is 5.28. The van der Waals surface area contributed by atoms with Crippen LogP contribution in [-0.2, 0) is 20.7 Å². The van der Waals surface area contributed by atoms with E-state index < -0.39 is 6.04 Å². The number of ether oxygens (including phenoxy) is 1. The first-order chi connectivity index (χ1) is 10.1. The van der Waals surface area contributed by atoms with Crippen molar-refractivity contribution in [3.63, 3.8) is 0 Å². The number of carbonyl (C=O) groups is 2. The van der Waals surface area contributed by atoms with Crippen molar-refractivity contribution >= 4 is 11.8 Å². The molecule has 0 bridgehead atoms. The third kappa shape index (κ3) is 4.04. The quantitative estimate of drug-likeness (QED) is 0.849. The van der Waals surface area contributed by atoms with Crippen molar-refractivity contribution in [3.05, 3.63) is 35.9 Å². The summed E-state index contributed by atoms with van der Waals surface area (Å²) >= 11 is 0. The number of hydrogen-bond donors (Lipinski definition) is 1. The number of benzene rings is 1. The van der Waals surface area contributed by atoms with E-state index in [1.165, 1.54) is 0 Å². The molecule has 2 rings (SSSR count). The van der Waals surface area contributed by atoms with Gasteiger partial charge >= 0.3 is 0 Å². The van der Waals surface area contributed by atoms with Crippen LogP contribution in [0.1, 0.15) is 19.4 Å². The van der Waals surface area contributed by atoms with E-state index in [4.69, 9.17) is 4.74 Å². The highest BCUT2D eigenvalue weighted by molar-refractivity contribution is 5.95. The zero-order valence-corrected chi connectivity index (χ0v) is 12.5. The molecule has 5 nitrogen and oxygen atoms in total. The molecule has 2 atom stereocenters. The number of nitrogens with one attached hydrogen (secondary N) is 1.